The molecule has 1 aliphatic rings. The fourth-order valence-corrected chi connectivity index (χ4v) is 2.63. The standard InChI is InChI=1S/C15H22FN3O/c1-11-6-8-15(10-17,9-7-11)19-14(20)18-13-4-2-12(16)3-5-13/h2-5,11H,6-10,17H2,1H3,(H2,18,19,20). The SMILES string of the molecule is CC1CCC(CN)(NC(=O)Nc2ccc(F)cc2)CC1. The maximum atomic E-state index is 12.8. The summed E-state index contributed by atoms with van der Waals surface area (Å²) < 4.78 is 12.8. The van der Waals surface area contributed by atoms with Gasteiger partial charge in [0.05, 0.1) is 5.54 Å². The van der Waals surface area contributed by atoms with Crippen LogP contribution < -0.4 is 16.4 Å². The van der Waals surface area contributed by atoms with Gasteiger partial charge in [-0.1, -0.05) is 6.92 Å². The van der Waals surface area contributed by atoms with E-state index in [2.05, 4.69) is 17.6 Å². The third-order valence-corrected chi connectivity index (χ3v) is 4.10. The Morgan fingerprint density at radius 2 is 1.95 bits per heavy atom. The van der Waals surface area contributed by atoms with Crippen molar-refractivity contribution in [2.75, 3.05) is 11.9 Å². The average Bonchev–Trinajstić information content (AvgIpc) is 2.44. The highest BCUT2D eigenvalue weighted by Gasteiger charge is 2.34. The zero-order valence-electron chi connectivity index (χ0n) is 11.8. The van der Waals surface area contributed by atoms with Crippen molar-refractivity contribution in [1.29, 1.82) is 0 Å². The Morgan fingerprint density at radius 3 is 2.50 bits per heavy atom. The number of benzene rings is 1. The molecule has 5 heteroatoms. The smallest absolute Gasteiger partial charge is 0.319 e. The molecule has 1 aromatic rings. The first-order valence-corrected chi connectivity index (χ1v) is 7.08. The largest absolute Gasteiger partial charge is 0.331 e. The number of hydrogen-bond donors (Lipinski definition) is 3. The molecule has 0 saturated heterocycles. The van der Waals surface area contributed by atoms with Crippen molar-refractivity contribution < 1.29 is 9.18 Å². The molecule has 0 bridgehead atoms. The second-order valence-electron chi connectivity index (χ2n) is 5.75. The number of carbonyl (C=O) groups is 1. The molecular weight excluding hydrogens is 257 g/mol. The van der Waals surface area contributed by atoms with E-state index >= 15 is 0 Å². The highest BCUT2D eigenvalue weighted by molar-refractivity contribution is 5.89. The Labute approximate surface area is 118 Å². The van der Waals surface area contributed by atoms with Crippen molar-refractivity contribution in [3.05, 3.63) is 30.1 Å². The van der Waals surface area contributed by atoms with Crippen LogP contribution in [-0.4, -0.2) is 18.1 Å². The molecule has 1 aliphatic carbocycles. The third-order valence-electron chi connectivity index (χ3n) is 4.10. The van der Waals surface area contributed by atoms with Gasteiger partial charge in [0.15, 0.2) is 0 Å². The normalized spacial score (nSPS) is 26.1. The van der Waals surface area contributed by atoms with Gasteiger partial charge in [-0.15, -0.1) is 0 Å². The molecule has 1 saturated carbocycles. The molecule has 2 amide bonds. The first-order chi connectivity index (χ1) is 9.53. The van der Waals surface area contributed by atoms with Gasteiger partial charge in [0.1, 0.15) is 5.82 Å². The van der Waals surface area contributed by atoms with Crippen molar-refractivity contribution in [2.45, 2.75) is 38.1 Å². The molecular formula is C15H22FN3O. The van der Waals surface area contributed by atoms with E-state index in [1.807, 2.05) is 0 Å². The maximum absolute atomic E-state index is 12.8. The minimum Gasteiger partial charge on any atom is -0.331 e. The highest BCUT2D eigenvalue weighted by Crippen LogP contribution is 2.31. The van der Waals surface area contributed by atoms with E-state index in [0.717, 1.165) is 25.7 Å². The summed E-state index contributed by atoms with van der Waals surface area (Å²) in [5.74, 6) is 0.368. The molecule has 4 nitrogen and oxygen atoms in total. The molecule has 0 radical (unpaired) electrons. The maximum Gasteiger partial charge on any atom is 0.319 e. The van der Waals surface area contributed by atoms with Gasteiger partial charge in [0.2, 0.25) is 0 Å². The Kier molecular flexibility index (Phi) is 4.60. The van der Waals surface area contributed by atoms with Crippen LogP contribution in [0, 0.1) is 11.7 Å². The lowest BCUT2D eigenvalue weighted by Crippen LogP contribution is -2.56. The van der Waals surface area contributed by atoms with E-state index in [9.17, 15) is 9.18 Å². The Bertz CT molecular complexity index is 453. The number of hydrogen-bond acceptors (Lipinski definition) is 2. The Morgan fingerprint density at radius 1 is 1.35 bits per heavy atom. The van der Waals surface area contributed by atoms with Crippen LogP contribution in [0.2, 0.25) is 0 Å². The quantitative estimate of drug-likeness (QED) is 0.796. The number of anilines is 1. The Hall–Kier alpha value is -1.62. The van der Waals surface area contributed by atoms with Gasteiger partial charge in [0.25, 0.3) is 0 Å². The van der Waals surface area contributed by atoms with E-state index in [1.165, 1.54) is 24.3 Å². The minimum absolute atomic E-state index is 0.281. The third kappa shape index (κ3) is 3.70. The van der Waals surface area contributed by atoms with Gasteiger partial charge in [-0.25, -0.2) is 9.18 Å². The predicted molar refractivity (Wildman–Crippen MR) is 78.0 cm³/mol. The van der Waals surface area contributed by atoms with Crippen molar-refractivity contribution in [2.24, 2.45) is 11.7 Å². The van der Waals surface area contributed by atoms with Crippen LogP contribution in [0.15, 0.2) is 24.3 Å². The van der Waals surface area contributed by atoms with Crippen molar-refractivity contribution in [3.63, 3.8) is 0 Å². The summed E-state index contributed by atoms with van der Waals surface area (Å²) in [6.07, 6.45) is 3.96. The number of amides is 2. The monoisotopic (exact) mass is 279 g/mol. The van der Waals surface area contributed by atoms with Crippen molar-refractivity contribution >= 4 is 11.7 Å². The van der Waals surface area contributed by atoms with Gasteiger partial charge in [-0.2, -0.15) is 0 Å². The summed E-state index contributed by atoms with van der Waals surface area (Å²) in [7, 11) is 0. The second kappa shape index (κ2) is 6.22. The molecule has 1 fully saturated rings. The molecule has 0 unspecified atom stereocenters. The Balaban J connectivity index is 1.94. The summed E-state index contributed by atoms with van der Waals surface area (Å²) in [5.41, 5.74) is 6.11. The minimum atomic E-state index is -0.323. The van der Waals surface area contributed by atoms with Gasteiger partial charge in [0, 0.05) is 12.2 Å². The predicted octanol–water partition coefficient (Wildman–Crippen LogP) is 2.85. The topological polar surface area (TPSA) is 67.1 Å². The molecule has 4 N–H and O–H groups in total. The number of nitrogens with two attached hydrogens (primary N) is 1. The number of halogens is 1. The second-order valence-corrected chi connectivity index (χ2v) is 5.75. The van der Waals surface area contributed by atoms with Crippen molar-refractivity contribution in [1.82, 2.24) is 5.32 Å². The van der Waals surface area contributed by atoms with E-state index in [4.69, 9.17) is 5.73 Å². The van der Waals surface area contributed by atoms with Gasteiger partial charge in [-0.05, 0) is 55.9 Å². The van der Waals surface area contributed by atoms with Crippen LogP contribution in [0.3, 0.4) is 0 Å². The summed E-state index contributed by atoms with van der Waals surface area (Å²) in [4.78, 5) is 12.0. The first-order valence-electron chi connectivity index (χ1n) is 7.08. The van der Waals surface area contributed by atoms with Crippen LogP contribution in [0.5, 0.6) is 0 Å². The first kappa shape index (κ1) is 14.8. The van der Waals surface area contributed by atoms with Gasteiger partial charge < -0.3 is 16.4 Å². The van der Waals surface area contributed by atoms with E-state index in [1.54, 1.807) is 0 Å². The van der Waals surface area contributed by atoms with Crippen molar-refractivity contribution in [3.8, 4) is 0 Å². The number of nitrogens with one attached hydrogen (secondary N) is 2. The molecule has 2 rings (SSSR count). The molecule has 110 valence electrons. The lowest BCUT2D eigenvalue weighted by Gasteiger charge is -2.39. The van der Waals surface area contributed by atoms with Crippen LogP contribution in [0.4, 0.5) is 14.9 Å². The molecule has 0 spiro atoms. The average molecular weight is 279 g/mol. The fraction of sp³-hybridized carbons (Fsp3) is 0.533. The van der Waals surface area contributed by atoms with Gasteiger partial charge >= 0.3 is 6.03 Å². The summed E-state index contributed by atoms with van der Waals surface area (Å²) in [5, 5.41) is 5.71. The molecule has 1 aromatic carbocycles. The van der Waals surface area contributed by atoms with Crippen LogP contribution in [-0.2, 0) is 0 Å². The molecule has 0 heterocycles. The summed E-state index contributed by atoms with van der Waals surface area (Å²) in [6.45, 7) is 2.66. The van der Waals surface area contributed by atoms with E-state index in [-0.39, 0.29) is 17.4 Å². The highest BCUT2D eigenvalue weighted by atomic mass is 19.1. The van der Waals surface area contributed by atoms with Crippen LogP contribution in [0.25, 0.3) is 0 Å². The number of carbonyl (C=O) groups excluding carboxylic acids is 1. The molecule has 0 aromatic heterocycles. The lowest BCUT2D eigenvalue weighted by molar-refractivity contribution is 0.196. The number of rotatable bonds is 3. The number of urea groups is 1. The summed E-state index contributed by atoms with van der Waals surface area (Å²) in [6, 6.07) is 5.42. The van der Waals surface area contributed by atoms with Gasteiger partial charge in [-0.3, -0.25) is 0 Å². The lowest BCUT2D eigenvalue weighted by atomic mass is 9.77. The molecule has 20 heavy (non-hydrogen) atoms. The van der Waals surface area contributed by atoms with Crippen LogP contribution in [0.1, 0.15) is 32.6 Å². The van der Waals surface area contributed by atoms with E-state index < -0.39 is 0 Å². The van der Waals surface area contributed by atoms with Crippen LogP contribution >= 0.6 is 0 Å². The zero-order chi connectivity index (χ0) is 14.6. The fourth-order valence-electron chi connectivity index (χ4n) is 2.63. The van der Waals surface area contributed by atoms with E-state index in [0.29, 0.717) is 18.2 Å². The zero-order valence-corrected chi connectivity index (χ0v) is 11.8. The molecule has 0 aliphatic heterocycles. The molecule has 0 atom stereocenters. The summed E-state index contributed by atoms with van der Waals surface area (Å²) >= 11 is 0.